The molecular weight excluding hydrogens is 360 g/mol. The van der Waals surface area contributed by atoms with Crippen molar-refractivity contribution in [2.24, 2.45) is 11.3 Å². The summed E-state index contributed by atoms with van der Waals surface area (Å²) in [5.41, 5.74) is 0.0217. The van der Waals surface area contributed by atoms with Crippen LogP contribution in [0, 0.1) is 11.3 Å². The number of rotatable bonds is 9. The molecule has 0 radical (unpaired) electrons. The van der Waals surface area contributed by atoms with Crippen LogP contribution in [0.15, 0.2) is 12.2 Å². The Hall–Kier alpha value is -0.123. The van der Waals surface area contributed by atoms with E-state index in [2.05, 4.69) is 46.0 Å². The summed E-state index contributed by atoms with van der Waals surface area (Å²) < 4.78 is 6.97. The third kappa shape index (κ3) is 6.44. The fourth-order valence-electron chi connectivity index (χ4n) is 5.30. The Morgan fingerprint density at radius 1 is 1.00 bits per heavy atom. The molecule has 0 aliphatic heterocycles. The van der Waals surface area contributed by atoms with E-state index in [1.165, 1.54) is 51.4 Å². The van der Waals surface area contributed by atoms with Gasteiger partial charge in [0.15, 0.2) is 8.32 Å². The fourth-order valence-corrected chi connectivity index (χ4v) is 6.70. The highest BCUT2D eigenvalue weighted by Gasteiger charge is 2.50. The minimum Gasteiger partial charge on any atom is -0.414 e. The Kier molecular flexibility index (Phi) is 8.06. The summed E-state index contributed by atoms with van der Waals surface area (Å²) >= 11 is 0. The molecule has 0 aromatic rings. The average molecular weight is 409 g/mol. The summed E-state index contributed by atoms with van der Waals surface area (Å²) in [5.74, 6) is 0.791. The van der Waals surface area contributed by atoms with E-state index in [0.29, 0.717) is 16.6 Å². The molecule has 0 aromatic carbocycles. The molecule has 3 atom stereocenters. The predicted octanol–water partition coefficient (Wildman–Crippen LogP) is 7.62. The second kappa shape index (κ2) is 9.35. The van der Waals surface area contributed by atoms with E-state index in [1.54, 1.807) is 0 Å². The summed E-state index contributed by atoms with van der Waals surface area (Å²) in [4.78, 5) is 0. The number of hydrogen-bond acceptors (Lipinski definition) is 2. The number of allylic oxidation sites excluding steroid dienone is 2. The number of fused-ring (bicyclic) bond motifs is 1. The van der Waals surface area contributed by atoms with Crippen molar-refractivity contribution in [3.05, 3.63) is 12.2 Å². The Morgan fingerprint density at radius 2 is 1.61 bits per heavy atom. The molecule has 28 heavy (non-hydrogen) atoms. The SMILES string of the molecule is CC(C)(O)CCC/C=C\CC[C@]12CCC[C@@H](O[Si](C)(C)C(C)(C)C)[C@@H]1CCC2. The maximum Gasteiger partial charge on any atom is 0.192 e. The molecule has 0 amide bonds. The topological polar surface area (TPSA) is 29.5 Å². The zero-order chi connectivity index (χ0) is 21.1. The van der Waals surface area contributed by atoms with E-state index in [9.17, 15) is 5.11 Å². The molecule has 0 bridgehead atoms. The van der Waals surface area contributed by atoms with Crippen LogP contribution in [0.1, 0.15) is 105 Å². The van der Waals surface area contributed by atoms with Gasteiger partial charge in [0.05, 0.1) is 5.60 Å². The fraction of sp³-hybridized carbons (Fsp3) is 0.920. The third-order valence-corrected chi connectivity index (χ3v) is 12.5. The first-order chi connectivity index (χ1) is 12.9. The van der Waals surface area contributed by atoms with Crippen molar-refractivity contribution in [1.29, 1.82) is 0 Å². The van der Waals surface area contributed by atoms with E-state index < -0.39 is 13.9 Å². The lowest BCUT2D eigenvalue weighted by Crippen LogP contribution is -2.49. The minimum absolute atomic E-state index is 0.303. The van der Waals surface area contributed by atoms with Gasteiger partial charge in [-0.25, -0.2) is 0 Å². The molecule has 2 nitrogen and oxygen atoms in total. The monoisotopic (exact) mass is 408 g/mol. The predicted molar refractivity (Wildman–Crippen MR) is 124 cm³/mol. The quantitative estimate of drug-likeness (QED) is 0.241. The van der Waals surface area contributed by atoms with Gasteiger partial charge in [-0.05, 0) is 101 Å². The van der Waals surface area contributed by atoms with E-state index in [1.807, 2.05) is 13.8 Å². The van der Waals surface area contributed by atoms with Crippen LogP contribution >= 0.6 is 0 Å². The van der Waals surface area contributed by atoms with E-state index in [4.69, 9.17) is 4.43 Å². The van der Waals surface area contributed by atoms with E-state index >= 15 is 0 Å². The second-order valence-corrected chi connectivity index (χ2v) is 16.6. The van der Waals surface area contributed by atoms with Crippen molar-refractivity contribution in [2.45, 2.75) is 135 Å². The van der Waals surface area contributed by atoms with Crippen LogP contribution in [0.3, 0.4) is 0 Å². The number of hydrogen-bond donors (Lipinski definition) is 1. The van der Waals surface area contributed by atoms with Gasteiger partial charge in [0, 0.05) is 6.10 Å². The van der Waals surface area contributed by atoms with Crippen LogP contribution in [0.5, 0.6) is 0 Å². The molecule has 0 heterocycles. The lowest BCUT2D eigenvalue weighted by Gasteiger charge is -2.48. The van der Waals surface area contributed by atoms with Crippen molar-refractivity contribution in [3.63, 3.8) is 0 Å². The summed E-state index contributed by atoms with van der Waals surface area (Å²) in [7, 11) is -1.69. The number of aliphatic hydroxyl groups is 1. The van der Waals surface area contributed by atoms with Gasteiger partial charge < -0.3 is 9.53 Å². The van der Waals surface area contributed by atoms with Gasteiger partial charge in [0.2, 0.25) is 0 Å². The molecule has 0 aromatic heterocycles. The first kappa shape index (κ1) is 24.1. The van der Waals surface area contributed by atoms with Crippen molar-refractivity contribution in [2.75, 3.05) is 0 Å². The van der Waals surface area contributed by atoms with Crippen LogP contribution in [-0.2, 0) is 4.43 Å². The van der Waals surface area contributed by atoms with Crippen LogP contribution in [0.25, 0.3) is 0 Å². The lowest BCUT2D eigenvalue weighted by atomic mass is 9.64. The zero-order valence-electron chi connectivity index (χ0n) is 19.9. The highest BCUT2D eigenvalue weighted by atomic mass is 28.4. The molecular formula is C25H48O2Si. The molecule has 0 spiro atoms. The third-order valence-electron chi connectivity index (χ3n) is 7.98. The van der Waals surface area contributed by atoms with Crippen molar-refractivity contribution in [1.82, 2.24) is 0 Å². The van der Waals surface area contributed by atoms with Crippen LogP contribution in [0.4, 0.5) is 0 Å². The molecule has 0 unspecified atom stereocenters. The molecule has 0 saturated heterocycles. The smallest absolute Gasteiger partial charge is 0.192 e. The Labute approximate surface area is 176 Å². The van der Waals surface area contributed by atoms with Gasteiger partial charge in [-0.15, -0.1) is 0 Å². The number of unbranched alkanes of at least 4 members (excludes halogenated alkanes) is 1. The first-order valence-corrected chi connectivity index (χ1v) is 14.8. The molecule has 2 aliphatic carbocycles. The molecule has 2 rings (SSSR count). The maximum atomic E-state index is 9.81. The van der Waals surface area contributed by atoms with Crippen LogP contribution in [0.2, 0.25) is 18.1 Å². The van der Waals surface area contributed by atoms with Crippen LogP contribution < -0.4 is 0 Å². The Balaban J connectivity index is 1.89. The van der Waals surface area contributed by atoms with E-state index in [0.717, 1.165) is 25.2 Å². The van der Waals surface area contributed by atoms with Crippen molar-refractivity contribution < 1.29 is 9.53 Å². The molecule has 1 N–H and O–H groups in total. The average Bonchev–Trinajstić information content (AvgIpc) is 2.97. The first-order valence-electron chi connectivity index (χ1n) is 11.9. The summed E-state index contributed by atoms with van der Waals surface area (Å²) in [6, 6.07) is 0. The summed E-state index contributed by atoms with van der Waals surface area (Å²) in [5, 5.41) is 10.1. The van der Waals surface area contributed by atoms with E-state index in [-0.39, 0.29) is 0 Å². The van der Waals surface area contributed by atoms with Gasteiger partial charge >= 0.3 is 0 Å². The molecule has 2 fully saturated rings. The highest BCUT2D eigenvalue weighted by molar-refractivity contribution is 6.74. The molecule has 2 aliphatic rings. The van der Waals surface area contributed by atoms with Gasteiger partial charge in [-0.2, -0.15) is 0 Å². The van der Waals surface area contributed by atoms with Gasteiger partial charge in [-0.1, -0.05) is 45.8 Å². The summed E-state index contributed by atoms with van der Waals surface area (Å²) in [6.07, 6.45) is 19.1. The summed E-state index contributed by atoms with van der Waals surface area (Å²) in [6.45, 7) is 15.8. The standard InChI is InChI=1S/C25H48O2Si/c1-23(2,3)28(6,7)27-22-16-14-20-25(19-13-15-21(22)25)18-12-10-8-9-11-17-24(4,5)26/h8,10,21-22,26H,9,11-20H2,1-7H3/b10-8-/t21-,22+,25-/m0/s1. The zero-order valence-corrected chi connectivity index (χ0v) is 20.9. The molecule has 164 valence electrons. The largest absolute Gasteiger partial charge is 0.414 e. The molecule has 3 heteroatoms. The lowest BCUT2D eigenvalue weighted by molar-refractivity contribution is -0.00435. The van der Waals surface area contributed by atoms with Gasteiger partial charge in [0.25, 0.3) is 0 Å². The Morgan fingerprint density at radius 3 is 2.21 bits per heavy atom. The second-order valence-electron chi connectivity index (χ2n) is 11.9. The molecule has 2 saturated carbocycles. The van der Waals surface area contributed by atoms with Gasteiger partial charge in [0.1, 0.15) is 0 Å². The maximum absolute atomic E-state index is 9.81. The van der Waals surface area contributed by atoms with Crippen molar-refractivity contribution in [3.8, 4) is 0 Å². The normalized spacial score (nSPS) is 29.4. The minimum atomic E-state index is -1.69. The van der Waals surface area contributed by atoms with Crippen molar-refractivity contribution >= 4 is 8.32 Å². The Bertz CT molecular complexity index is 512. The van der Waals surface area contributed by atoms with Crippen LogP contribution in [-0.4, -0.2) is 25.1 Å². The van der Waals surface area contributed by atoms with Gasteiger partial charge in [-0.3, -0.25) is 0 Å². The highest BCUT2D eigenvalue weighted by Crippen LogP contribution is 2.56.